The lowest BCUT2D eigenvalue weighted by Gasteiger charge is -2.34. The summed E-state index contributed by atoms with van der Waals surface area (Å²) < 4.78 is 42.4. The quantitative estimate of drug-likeness (QED) is 0.352. The summed E-state index contributed by atoms with van der Waals surface area (Å²) >= 11 is 5.99. The number of rotatable bonds is 10. The first-order chi connectivity index (χ1) is 18.3. The van der Waals surface area contributed by atoms with Gasteiger partial charge in [0.25, 0.3) is 10.0 Å². The molecule has 1 atom stereocenters. The molecule has 0 heterocycles. The van der Waals surface area contributed by atoms with Crippen LogP contribution in [0.5, 0.6) is 0 Å². The molecule has 3 rings (SSSR count). The molecule has 39 heavy (non-hydrogen) atoms. The second kappa shape index (κ2) is 12.6. The molecule has 0 fully saturated rings. The third-order valence-electron chi connectivity index (χ3n) is 5.88. The van der Waals surface area contributed by atoms with E-state index in [-0.39, 0.29) is 28.1 Å². The smallest absolute Gasteiger partial charge is 0.264 e. The van der Waals surface area contributed by atoms with Crippen molar-refractivity contribution in [2.24, 2.45) is 0 Å². The van der Waals surface area contributed by atoms with Crippen LogP contribution in [0.15, 0.2) is 83.8 Å². The SMILES string of the molecule is CC[C@@H](C(=O)NC(C)(C)C)N(Cc1ccccc1)C(=O)CN(c1ccc(F)c(Cl)c1)S(=O)(=O)c1ccccc1. The van der Waals surface area contributed by atoms with E-state index < -0.39 is 39.9 Å². The van der Waals surface area contributed by atoms with Gasteiger partial charge in [-0.05, 0) is 63.1 Å². The molecule has 1 N–H and O–H groups in total. The Morgan fingerprint density at radius 2 is 1.56 bits per heavy atom. The summed E-state index contributed by atoms with van der Waals surface area (Å²) in [5.74, 6) is -1.68. The van der Waals surface area contributed by atoms with E-state index in [9.17, 15) is 22.4 Å². The first kappa shape index (κ1) is 30.1. The van der Waals surface area contributed by atoms with Crippen molar-refractivity contribution in [2.75, 3.05) is 10.8 Å². The predicted octanol–water partition coefficient (Wildman–Crippen LogP) is 5.40. The lowest BCUT2D eigenvalue weighted by molar-refractivity contribution is -0.141. The van der Waals surface area contributed by atoms with Gasteiger partial charge in [0.15, 0.2) is 0 Å². The van der Waals surface area contributed by atoms with E-state index in [1.807, 2.05) is 51.1 Å². The minimum Gasteiger partial charge on any atom is -0.350 e. The number of amides is 2. The van der Waals surface area contributed by atoms with Gasteiger partial charge >= 0.3 is 0 Å². The Labute approximate surface area is 234 Å². The van der Waals surface area contributed by atoms with E-state index >= 15 is 0 Å². The second-order valence-electron chi connectivity index (χ2n) is 10.1. The Morgan fingerprint density at radius 3 is 2.10 bits per heavy atom. The van der Waals surface area contributed by atoms with Crippen molar-refractivity contribution in [3.8, 4) is 0 Å². The Balaban J connectivity index is 2.07. The second-order valence-corrected chi connectivity index (χ2v) is 12.4. The van der Waals surface area contributed by atoms with Crippen molar-refractivity contribution < 1.29 is 22.4 Å². The van der Waals surface area contributed by atoms with Gasteiger partial charge in [-0.3, -0.25) is 13.9 Å². The van der Waals surface area contributed by atoms with Crippen molar-refractivity contribution in [1.82, 2.24) is 10.2 Å². The minimum absolute atomic E-state index is 0.0189. The highest BCUT2D eigenvalue weighted by Gasteiger charge is 2.34. The normalized spacial score (nSPS) is 12.5. The Kier molecular flexibility index (Phi) is 9.74. The third kappa shape index (κ3) is 7.80. The van der Waals surface area contributed by atoms with E-state index in [4.69, 9.17) is 11.6 Å². The number of anilines is 1. The molecule has 2 amide bonds. The maximum absolute atomic E-state index is 14.0. The van der Waals surface area contributed by atoms with Gasteiger partial charge < -0.3 is 10.2 Å². The number of halogens is 2. The topological polar surface area (TPSA) is 86.8 Å². The first-order valence-corrected chi connectivity index (χ1v) is 14.3. The van der Waals surface area contributed by atoms with Crippen LogP contribution < -0.4 is 9.62 Å². The van der Waals surface area contributed by atoms with Gasteiger partial charge in [-0.2, -0.15) is 0 Å². The Morgan fingerprint density at radius 1 is 0.974 bits per heavy atom. The molecule has 0 saturated carbocycles. The van der Waals surface area contributed by atoms with E-state index in [1.54, 1.807) is 25.1 Å². The van der Waals surface area contributed by atoms with Crippen LogP contribution in [-0.2, 0) is 26.2 Å². The number of hydrogen-bond acceptors (Lipinski definition) is 4. The molecular formula is C29H33ClFN3O4S. The summed E-state index contributed by atoms with van der Waals surface area (Å²) in [6, 6.07) is 19.3. The number of carbonyl (C=O) groups is 2. The van der Waals surface area contributed by atoms with Crippen LogP contribution in [0.2, 0.25) is 5.02 Å². The van der Waals surface area contributed by atoms with E-state index in [0.717, 1.165) is 22.0 Å². The van der Waals surface area contributed by atoms with E-state index in [1.165, 1.54) is 23.1 Å². The molecule has 0 aliphatic carbocycles. The van der Waals surface area contributed by atoms with Gasteiger partial charge in [-0.25, -0.2) is 12.8 Å². The van der Waals surface area contributed by atoms with Gasteiger partial charge in [0.2, 0.25) is 11.8 Å². The van der Waals surface area contributed by atoms with Crippen molar-refractivity contribution in [1.29, 1.82) is 0 Å². The fraction of sp³-hybridized carbons (Fsp3) is 0.310. The lowest BCUT2D eigenvalue weighted by atomic mass is 10.1. The molecule has 0 aliphatic rings. The van der Waals surface area contributed by atoms with E-state index in [2.05, 4.69) is 5.32 Å². The summed E-state index contributed by atoms with van der Waals surface area (Å²) in [7, 11) is -4.26. The molecule has 208 valence electrons. The highest BCUT2D eigenvalue weighted by atomic mass is 35.5. The monoisotopic (exact) mass is 573 g/mol. The molecule has 3 aromatic carbocycles. The summed E-state index contributed by atoms with van der Waals surface area (Å²) in [5, 5.41) is 2.64. The zero-order valence-corrected chi connectivity index (χ0v) is 24.0. The maximum Gasteiger partial charge on any atom is 0.264 e. The Bertz CT molecular complexity index is 1400. The van der Waals surface area contributed by atoms with Crippen LogP contribution in [0.4, 0.5) is 10.1 Å². The highest BCUT2D eigenvalue weighted by molar-refractivity contribution is 7.92. The van der Waals surface area contributed by atoms with Crippen LogP contribution in [0.25, 0.3) is 0 Å². The zero-order chi connectivity index (χ0) is 28.8. The number of benzene rings is 3. The van der Waals surface area contributed by atoms with Crippen molar-refractivity contribution in [3.63, 3.8) is 0 Å². The number of carbonyl (C=O) groups excluding carboxylic acids is 2. The minimum atomic E-state index is -4.26. The van der Waals surface area contributed by atoms with Crippen molar-refractivity contribution in [2.45, 2.75) is 57.1 Å². The van der Waals surface area contributed by atoms with Gasteiger partial charge in [0, 0.05) is 12.1 Å². The molecule has 10 heteroatoms. The van der Waals surface area contributed by atoms with Gasteiger partial charge in [-0.15, -0.1) is 0 Å². The zero-order valence-electron chi connectivity index (χ0n) is 22.4. The van der Waals surface area contributed by atoms with Crippen molar-refractivity contribution >= 4 is 39.1 Å². The van der Waals surface area contributed by atoms with E-state index in [0.29, 0.717) is 6.42 Å². The Hall–Kier alpha value is -3.43. The highest BCUT2D eigenvalue weighted by Crippen LogP contribution is 2.28. The van der Waals surface area contributed by atoms with Crippen LogP contribution in [0, 0.1) is 5.82 Å². The summed E-state index contributed by atoms with van der Waals surface area (Å²) in [6.45, 7) is 6.76. The molecule has 0 aromatic heterocycles. The first-order valence-electron chi connectivity index (χ1n) is 12.5. The summed E-state index contributed by atoms with van der Waals surface area (Å²) in [4.78, 5) is 28.6. The third-order valence-corrected chi connectivity index (χ3v) is 7.96. The number of nitrogens with one attached hydrogen (secondary N) is 1. The largest absolute Gasteiger partial charge is 0.350 e. The molecule has 0 unspecified atom stereocenters. The molecule has 0 aliphatic heterocycles. The lowest BCUT2D eigenvalue weighted by Crippen LogP contribution is -2.55. The van der Waals surface area contributed by atoms with Gasteiger partial charge in [0.1, 0.15) is 18.4 Å². The van der Waals surface area contributed by atoms with Crippen LogP contribution in [0.3, 0.4) is 0 Å². The molecule has 0 spiro atoms. The fourth-order valence-electron chi connectivity index (χ4n) is 4.04. The maximum atomic E-state index is 14.0. The van der Waals surface area contributed by atoms with Crippen LogP contribution in [-0.4, -0.2) is 43.3 Å². The molecule has 0 saturated heterocycles. The van der Waals surface area contributed by atoms with Gasteiger partial charge in [0.05, 0.1) is 15.6 Å². The fourth-order valence-corrected chi connectivity index (χ4v) is 5.64. The van der Waals surface area contributed by atoms with Crippen LogP contribution in [0.1, 0.15) is 39.7 Å². The molecular weight excluding hydrogens is 541 g/mol. The van der Waals surface area contributed by atoms with Crippen LogP contribution >= 0.6 is 11.6 Å². The molecule has 0 bridgehead atoms. The van der Waals surface area contributed by atoms with Gasteiger partial charge in [-0.1, -0.05) is 67.1 Å². The van der Waals surface area contributed by atoms with Crippen molar-refractivity contribution in [3.05, 3.63) is 95.3 Å². The number of sulfonamides is 1. The predicted molar refractivity (Wildman–Crippen MR) is 151 cm³/mol. The molecule has 0 radical (unpaired) electrons. The standard InChI is InChI=1S/C29H33ClFN3O4S/c1-5-26(28(36)32-29(2,3)4)33(19-21-12-8-6-9-13-21)27(35)20-34(22-16-17-25(31)24(30)18-22)39(37,38)23-14-10-7-11-15-23/h6-18,26H,5,19-20H2,1-4H3,(H,32,36)/t26-/m0/s1. The average molecular weight is 574 g/mol. The molecule has 7 nitrogen and oxygen atoms in total. The summed E-state index contributed by atoms with van der Waals surface area (Å²) in [6.07, 6.45) is 0.300. The number of hydrogen-bond donors (Lipinski definition) is 1. The summed E-state index contributed by atoms with van der Waals surface area (Å²) in [5.41, 5.74) is 0.250. The average Bonchev–Trinajstić information content (AvgIpc) is 2.88. The number of nitrogens with zero attached hydrogens (tertiary/aromatic N) is 2. The molecule has 3 aromatic rings.